The number of pyridine rings is 1. The number of tetrazole rings is 1. The number of halogens is 6. The minimum Gasteiger partial charge on any atom is -0.366 e. The molecule has 7 nitrogen and oxygen atoms in total. The Morgan fingerprint density at radius 2 is 1.58 bits per heavy atom. The van der Waals surface area contributed by atoms with Crippen molar-refractivity contribution in [1.29, 1.82) is 0 Å². The lowest BCUT2D eigenvalue weighted by Crippen LogP contribution is -2.28. The molecule has 2 aliphatic carbocycles. The second kappa shape index (κ2) is 11.0. The Kier molecular flexibility index (Phi) is 7.45. The summed E-state index contributed by atoms with van der Waals surface area (Å²) in [6, 6.07) is 9.67. The summed E-state index contributed by atoms with van der Waals surface area (Å²) >= 11 is 0. The third-order valence-corrected chi connectivity index (χ3v) is 8.08. The highest BCUT2D eigenvalue weighted by atomic mass is 19.4. The Labute approximate surface area is 244 Å². The van der Waals surface area contributed by atoms with E-state index in [1.807, 2.05) is 31.2 Å². The summed E-state index contributed by atoms with van der Waals surface area (Å²) in [6.45, 7) is 3.92. The van der Waals surface area contributed by atoms with Crippen LogP contribution in [0.5, 0.6) is 0 Å². The molecule has 2 saturated carbocycles. The van der Waals surface area contributed by atoms with Crippen molar-refractivity contribution >= 4 is 22.7 Å². The first-order valence-electron chi connectivity index (χ1n) is 14.4. The van der Waals surface area contributed by atoms with Crippen molar-refractivity contribution in [3.63, 3.8) is 0 Å². The van der Waals surface area contributed by atoms with Gasteiger partial charge in [-0.1, -0.05) is 23.3 Å². The molecule has 0 radical (unpaired) electrons. The summed E-state index contributed by atoms with van der Waals surface area (Å²) in [6.07, 6.45) is -5.34. The molecule has 43 heavy (non-hydrogen) atoms. The number of alkyl halides is 6. The molecule has 13 heteroatoms. The molecule has 0 bridgehead atoms. The Bertz CT molecular complexity index is 1580. The molecule has 2 heterocycles. The molecule has 0 amide bonds. The average Bonchev–Trinajstić information content (AvgIpc) is 3.89. The van der Waals surface area contributed by atoms with Gasteiger partial charge in [0, 0.05) is 30.1 Å². The van der Waals surface area contributed by atoms with Gasteiger partial charge in [-0.05, 0) is 92.0 Å². The molecule has 0 saturated heterocycles. The molecule has 0 spiro atoms. The average molecular weight is 604 g/mol. The first kappa shape index (κ1) is 29.2. The first-order valence-corrected chi connectivity index (χ1v) is 14.4. The van der Waals surface area contributed by atoms with E-state index in [0.717, 1.165) is 59.8 Å². The van der Waals surface area contributed by atoms with E-state index in [1.165, 1.54) is 4.80 Å². The van der Waals surface area contributed by atoms with Crippen molar-refractivity contribution in [1.82, 2.24) is 25.2 Å². The maximum absolute atomic E-state index is 13.7. The second-order valence-corrected chi connectivity index (χ2v) is 11.5. The maximum Gasteiger partial charge on any atom is 0.416 e. The molecule has 2 aliphatic rings. The van der Waals surface area contributed by atoms with Gasteiger partial charge in [-0.2, -0.15) is 31.1 Å². The van der Waals surface area contributed by atoms with Crippen molar-refractivity contribution in [2.45, 2.75) is 77.6 Å². The number of fused-ring (bicyclic) bond motifs is 1. The van der Waals surface area contributed by atoms with E-state index in [9.17, 15) is 26.3 Å². The number of hydrogen-bond donors (Lipinski definition) is 1. The lowest BCUT2D eigenvalue weighted by molar-refractivity contribution is -0.143. The van der Waals surface area contributed by atoms with Crippen LogP contribution in [-0.4, -0.2) is 31.2 Å². The molecule has 2 aromatic heterocycles. The number of aryl methyl sites for hydroxylation is 2. The molecule has 1 N–H and O–H groups in total. The molecule has 0 atom stereocenters. The molecule has 2 fully saturated rings. The van der Waals surface area contributed by atoms with E-state index in [-0.39, 0.29) is 36.7 Å². The fourth-order valence-corrected chi connectivity index (χ4v) is 5.55. The zero-order valence-corrected chi connectivity index (χ0v) is 23.7. The van der Waals surface area contributed by atoms with Crippen LogP contribution in [0.25, 0.3) is 10.9 Å². The van der Waals surface area contributed by atoms with Crippen LogP contribution in [-0.2, 0) is 32.0 Å². The number of nitrogens with zero attached hydrogens (tertiary/aromatic N) is 6. The summed E-state index contributed by atoms with van der Waals surface area (Å²) < 4.78 is 81.9. The number of para-hydroxylation sites is 1. The van der Waals surface area contributed by atoms with Crippen LogP contribution in [0.1, 0.15) is 60.4 Å². The van der Waals surface area contributed by atoms with E-state index in [2.05, 4.69) is 20.7 Å². The molecule has 228 valence electrons. The van der Waals surface area contributed by atoms with Crippen molar-refractivity contribution < 1.29 is 26.3 Å². The third kappa shape index (κ3) is 6.54. The SMILES string of the molecule is CCn1nnc(N(Cc2cc(C(F)(F)F)cc(C(F)(F)F)c2)Cc2cc3cccc(C)c3nc2NC(C2CC2)C2CC2)n1. The molecule has 6 rings (SSSR count). The van der Waals surface area contributed by atoms with Gasteiger partial charge >= 0.3 is 12.4 Å². The van der Waals surface area contributed by atoms with Crippen molar-refractivity contribution in [3.8, 4) is 0 Å². The van der Waals surface area contributed by atoms with Gasteiger partial charge in [-0.15, -0.1) is 5.10 Å². The second-order valence-electron chi connectivity index (χ2n) is 11.5. The Morgan fingerprint density at radius 1 is 0.930 bits per heavy atom. The van der Waals surface area contributed by atoms with Gasteiger partial charge in [0.2, 0.25) is 0 Å². The number of aromatic nitrogens is 5. The lowest BCUT2D eigenvalue weighted by Gasteiger charge is -2.26. The zero-order valence-electron chi connectivity index (χ0n) is 23.7. The molecule has 0 aliphatic heterocycles. The molecule has 0 unspecified atom stereocenters. The van der Waals surface area contributed by atoms with Crippen molar-refractivity contribution in [2.24, 2.45) is 11.8 Å². The van der Waals surface area contributed by atoms with Crippen LogP contribution in [0.3, 0.4) is 0 Å². The lowest BCUT2D eigenvalue weighted by atomic mass is 10.0. The van der Waals surface area contributed by atoms with E-state index in [1.54, 1.807) is 11.8 Å². The predicted octanol–water partition coefficient (Wildman–Crippen LogP) is 7.39. The maximum atomic E-state index is 13.7. The fourth-order valence-electron chi connectivity index (χ4n) is 5.55. The smallest absolute Gasteiger partial charge is 0.366 e. The van der Waals surface area contributed by atoms with Gasteiger partial charge in [0.15, 0.2) is 0 Å². The van der Waals surface area contributed by atoms with Crippen LogP contribution in [0.15, 0.2) is 42.5 Å². The van der Waals surface area contributed by atoms with Gasteiger partial charge in [-0.25, -0.2) is 4.98 Å². The van der Waals surface area contributed by atoms with Crippen LogP contribution in [0, 0.1) is 18.8 Å². The fraction of sp³-hybridized carbons (Fsp3) is 0.467. The summed E-state index contributed by atoms with van der Waals surface area (Å²) in [5, 5.41) is 17.0. The monoisotopic (exact) mass is 603 g/mol. The number of benzene rings is 2. The largest absolute Gasteiger partial charge is 0.416 e. The first-order chi connectivity index (χ1) is 20.4. The Balaban J connectivity index is 1.42. The summed E-state index contributed by atoms with van der Waals surface area (Å²) in [5.74, 6) is 1.85. The van der Waals surface area contributed by atoms with E-state index >= 15 is 0 Å². The summed E-state index contributed by atoms with van der Waals surface area (Å²) in [4.78, 5) is 7.86. The quantitative estimate of drug-likeness (QED) is 0.191. The summed E-state index contributed by atoms with van der Waals surface area (Å²) in [7, 11) is 0. The zero-order chi connectivity index (χ0) is 30.5. The van der Waals surface area contributed by atoms with Crippen LogP contribution in [0.2, 0.25) is 0 Å². The molecule has 4 aromatic rings. The Hall–Kier alpha value is -3.90. The minimum absolute atomic E-state index is 0.0777. The van der Waals surface area contributed by atoms with Crippen molar-refractivity contribution in [2.75, 3.05) is 10.2 Å². The number of nitrogens with one attached hydrogen (secondary N) is 1. The minimum atomic E-state index is -4.96. The normalized spacial score (nSPS) is 15.8. The van der Waals surface area contributed by atoms with E-state index < -0.39 is 23.5 Å². The van der Waals surface area contributed by atoms with E-state index in [0.29, 0.717) is 24.2 Å². The molecular weight excluding hydrogens is 572 g/mol. The Morgan fingerprint density at radius 3 is 2.14 bits per heavy atom. The topological polar surface area (TPSA) is 71.8 Å². The van der Waals surface area contributed by atoms with Gasteiger partial charge in [-0.3, -0.25) is 0 Å². The van der Waals surface area contributed by atoms with Gasteiger partial charge in [0.1, 0.15) is 5.82 Å². The van der Waals surface area contributed by atoms with Crippen LogP contribution >= 0.6 is 0 Å². The van der Waals surface area contributed by atoms with Crippen molar-refractivity contribution in [3.05, 3.63) is 70.3 Å². The highest BCUT2D eigenvalue weighted by Crippen LogP contribution is 2.46. The van der Waals surface area contributed by atoms with Gasteiger partial charge in [0.05, 0.1) is 23.2 Å². The van der Waals surface area contributed by atoms with Gasteiger partial charge < -0.3 is 10.2 Å². The summed E-state index contributed by atoms with van der Waals surface area (Å²) in [5.41, 5.74) is -0.361. The van der Waals surface area contributed by atoms with E-state index in [4.69, 9.17) is 4.98 Å². The van der Waals surface area contributed by atoms with Crippen LogP contribution < -0.4 is 10.2 Å². The van der Waals surface area contributed by atoms with Gasteiger partial charge in [0.25, 0.3) is 5.95 Å². The number of rotatable bonds is 10. The number of hydrogen-bond acceptors (Lipinski definition) is 6. The number of anilines is 2. The standard InChI is InChI=1S/C30H31F6N7/c1-3-43-40-28(39-41-43)42(15-18-11-23(29(31,32)33)14-24(12-18)30(34,35)36)16-22-13-21-6-4-5-17(2)25(21)37-27(22)38-26(19-7-8-19)20-9-10-20/h4-6,11-14,19-20,26H,3,7-10,15-16H2,1-2H3,(H,37,38). The highest BCUT2D eigenvalue weighted by molar-refractivity contribution is 5.84. The third-order valence-electron chi connectivity index (χ3n) is 8.08. The predicted molar refractivity (Wildman–Crippen MR) is 149 cm³/mol. The highest BCUT2D eigenvalue weighted by Gasteiger charge is 2.42. The molecule has 2 aromatic carbocycles. The molecular formula is C30H31F6N7. The van der Waals surface area contributed by atoms with Crippen LogP contribution in [0.4, 0.5) is 38.1 Å².